The molecule has 7 nitrogen and oxygen atoms in total. The summed E-state index contributed by atoms with van der Waals surface area (Å²) in [4.78, 5) is 20.1. The molecule has 1 spiro atoms. The Kier molecular flexibility index (Phi) is 4.92. The van der Waals surface area contributed by atoms with Gasteiger partial charge in [-0.3, -0.25) is 9.69 Å². The van der Waals surface area contributed by atoms with E-state index >= 15 is 0 Å². The number of ether oxygens (including phenoxy) is 1. The summed E-state index contributed by atoms with van der Waals surface area (Å²) in [5, 5.41) is 10.7. The summed E-state index contributed by atoms with van der Waals surface area (Å²) in [6.07, 6.45) is 6.27. The summed E-state index contributed by atoms with van der Waals surface area (Å²) in [6.45, 7) is 6.38. The van der Waals surface area contributed by atoms with Gasteiger partial charge in [0.1, 0.15) is 5.60 Å². The molecule has 0 radical (unpaired) electrons. The molecule has 1 aromatic rings. The number of nitrogens with zero attached hydrogens (tertiary/aromatic N) is 4. The number of aliphatic hydroxyl groups is 1. The molecule has 0 bridgehead atoms. The highest BCUT2D eigenvalue weighted by molar-refractivity contribution is 5.73. The van der Waals surface area contributed by atoms with E-state index in [2.05, 4.69) is 14.5 Å². The highest BCUT2D eigenvalue weighted by Crippen LogP contribution is 2.40. The van der Waals surface area contributed by atoms with Gasteiger partial charge in [-0.25, -0.2) is 4.98 Å². The molecular weight excluding hydrogens is 320 g/mol. The molecule has 1 aromatic heterocycles. The molecule has 0 unspecified atom stereocenters. The number of likely N-dealkylation sites (N-methyl/N-ethyl adjacent to an activating group) is 1. The van der Waals surface area contributed by atoms with Crippen LogP contribution in [0, 0.1) is 0 Å². The van der Waals surface area contributed by atoms with Gasteiger partial charge in [-0.15, -0.1) is 0 Å². The zero-order chi connectivity index (χ0) is 18.2. The van der Waals surface area contributed by atoms with Gasteiger partial charge in [-0.05, 0) is 26.2 Å². The van der Waals surface area contributed by atoms with Gasteiger partial charge in [0.25, 0.3) is 0 Å². The maximum absolute atomic E-state index is 11.8. The summed E-state index contributed by atoms with van der Waals surface area (Å²) in [6, 6.07) is -0.206. The van der Waals surface area contributed by atoms with Gasteiger partial charge in [-0.1, -0.05) is 0 Å². The number of imidazole rings is 1. The van der Waals surface area contributed by atoms with Crippen LogP contribution >= 0.6 is 0 Å². The lowest BCUT2D eigenvalue weighted by atomic mass is 9.77. The van der Waals surface area contributed by atoms with Crippen LogP contribution in [0.25, 0.3) is 0 Å². The van der Waals surface area contributed by atoms with E-state index in [-0.39, 0.29) is 24.2 Å². The predicted molar refractivity (Wildman–Crippen MR) is 93.9 cm³/mol. The second kappa shape index (κ2) is 6.70. The fourth-order valence-corrected chi connectivity index (χ4v) is 4.03. The lowest BCUT2D eigenvalue weighted by molar-refractivity contribution is -0.209. The van der Waals surface area contributed by atoms with Crippen molar-refractivity contribution in [2.24, 2.45) is 7.05 Å². The van der Waals surface area contributed by atoms with Crippen LogP contribution in [0.2, 0.25) is 0 Å². The summed E-state index contributed by atoms with van der Waals surface area (Å²) in [5.74, 6) is -0.0176. The Balaban J connectivity index is 1.64. The van der Waals surface area contributed by atoms with Crippen LogP contribution in [-0.4, -0.2) is 74.4 Å². The zero-order valence-electron chi connectivity index (χ0n) is 15.7. The van der Waals surface area contributed by atoms with Gasteiger partial charge in [-0.2, -0.15) is 0 Å². The smallest absolute Gasteiger partial charge is 0.219 e. The summed E-state index contributed by atoms with van der Waals surface area (Å²) >= 11 is 0. The molecule has 2 aliphatic heterocycles. The average Bonchev–Trinajstić information content (AvgIpc) is 2.96. The van der Waals surface area contributed by atoms with Crippen LogP contribution in [-0.2, 0) is 23.1 Å². The normalized spacial score (nSPS) is 29.7. The third-order valence-corrected chi connectivity index (χ3v) is 5.99. The van der Waals surface area contributed by atoms with Gasteiger partial charge < -0.3 is 19.3 Å². The lowest BCUT2D eigenvalue weighted by Gasteiger charge is -2.52. The number of amides is 1. The van der Waals surface area contributed by atoms with Crippen LogP contribution < -0.4 is 0 Å². The van der Waals surface area contributed by atoms with Crippen molar-refractivity contribution < 1.29 is 14.6 Å². The van der Waals surface area contributed by atoms with Crippen LogP contribution in [0.15, 0.2) is 12.5 Å². The van der Waals surface area contributed by atoms with Crippen LogP contribution in [0.3, 0.4) is 0 Å². The highest BCUT2D eigenvalue weighted by Gasteiger charge is 2.50. The van der Waals surface area contributed by atoms with E-state index in [1.165, 1.54) is 5.69 Å². The molecule has 25 heavy (non-hydrogen) atoms. The minimum atomic E-state index is -1.00. The Morgan fingerprint density at radius 2 is 2.16 bits per heavy atom. The number of carbonyl (C=O) groups excluding carboxylic acids is 1. The Labute approximate surface area is 149 Å². The minimum absolute atomic E-state index is 0.0176. The average molecular weight is 350 g/mol. The summed E-state index contributed by atoms with van der Waals surface area (Å²) < 4.78 is 8.21. The van der Waals surface area contributed by atoms with Crippen LogP contribution in [0.4, 0.5) is 0 Å². The van der Waals surface area contributed by atoms with Crippen molar-refractivity contribution in [1.82, 2.24) is 19.4 Å². The topological polar surface area (TPSA) is 70.8 Å². The number of aryl methyl sites for hydroxylation is 1. The van der Waals surface area contributed by atoms with Gasteiger partial charge in [0.15, 0.2) is 0 Å². The van der Waals surface area contributed by atoms with E-state index in [0.29, 0.717) is 6.42 Å². The Bertz CT molecular complexity index is 620. The van der Waals surface area contributed by atoms with Crippen molar-refractivity contribution in [3.8, 4) is 0 Å². The van der Waals surface area contributed by atoms with Crippen molar-refractivity contribution in [1.29, 1.82) is 0 Å². The molecule has 3 heterocycles. The van der Waals surface area contributed by atoms with Crippen molar-refractivity contribution in [3.63, 3.8) is 0 Å². The quantitative estimate of drug-likeness (QED) is 0.872. The van der Waals surface area contributed by atoms with Crippen molar-refractivity contribution in [3.05, 3.63) is 18.2 Å². The number of piperidine rings is 1. The summed E-state index contributed by atoms with van der Waals surface area (Å²) in [5.41, 5.74) is -0.0329. The molecule has 0 aliphatic carbocycles. The third-order valence-electron chi connectivity index (χ3n) is 5.99. The highest BCUT2D eigenvalue weighted by atomic mass is 16.5. The van der Waals surface area contributed by atoms with E-state index in [0.717, 1.165) is 32.5 Å². The molecule has 2 fully saturated rings. The lowest BCUT2D eigenvalue weighted by Crippen LogP contribution is -2.63. The monoisotopic (exact) mass is 350 g/mol. The van der Waals surface area contributed by atoms with Crippen molar-refractivity contribution >= 4 is 5.91 Å². The first-order chi connectivity index (χ1) is 11.7. The molecule has 1 amide bonds. The van der Waals surface area contributed by atoms with E-state index in [1.807, 2.05) is 19.6 Å². The Hall–Kier alpha value is -1.44. The van der Waals surface area contributed by atoms with E-state index in [4.69, 9.17) is 4.74 Å². The summed E-state index contributed by atoms with van der Waals surface area (Å²) in [7, 11) is 3.79. The van der Waals surface area contributed by atoms with Crippen LogP contribution in [0.5, 0.6) is 0 Å². The molecule has 0 saturated carbocycles. The molecule has 2 atom stereocenters. The molecule has 2 saturated heterocycles. The molecule has 2 aliphatic rings. The maximum atomic E-state index is 11.8. The SMILES string of the molecule is CC(=O)N(C)[C@H]1CC2(CCN(Cc3cncn3C)CC2)OC[C@]1(C)O. The van der Waals surface area contributed by atoms with Gasteiger partial charge >= 0.3 is 0 Å². The number of hydrogen-bond acceptors (Lipinski definition) is 5. The largest absolute Gasteiger partial charge is 0.386 e. The van der Waals surface area contributed by atoms with Gasteiger partial charge in [0.2, 0.25) is 5.91 Å². The van der Waals surface area contributed by atoms with E-state index < -0.39 is 5.60 Å². The van der Waals surface area contributed by atoms with Crippen molar-refractivity contribution in [2.45, 2.75) is 56.9 Å². The third kappa shape index (κ3) is 3.73. The van der Waals surface area contributed by atoms with Crippen molar-refractivity contribution in [2.75, 3.05) is 26.7 Å². The second-order valence-electron chi connectivity index (χ2n) is 7.95. The minimum Gasteiger partial charge on any atom is -0.386 e. The fraction of sp³-hybridized carbons (Fsp3) is 0.778. The molecule has 0 aromatic carbocycles. The standard InChI is InChI=1S/C18H30N4O3/c1-14(23)21(4)16-9-18(25-12-17(16,2)24)5-7-22(8-6-18)11-15-10-19-13-20(15)3/h10,13,16,24H,5-9,11-12H2,1-4H3/t16-,17-/m0/s1. The first kappa shape index (κ1) is 18.4. The number of likely N-dealkylation sites (tertiary alicyclic amines) is 1. The van der Waals surface area contributed by atoms with E-state index in [9.17, 15) is 9.90 Å². The van der Waals surface area contributed by atoms with E-state index in [1.54, 1.807) is 25.8 Å². The predicted octanol–water partition coefficient (Wildman–Crippen LogP) is 0.773. The Morgan fingerprint density at radius 3 is 2.72 bits per heavy atom. The van der Waals surface area contributed by atoms with Gasteiger partial charge in [0.05, 0.1) is 30.3 Å². The second-order valence-corrected chi connectivity index (χ2v) is 7.95. The number of carbonyl (C=O) groups is 1. The van der Waals surface area contributed by atoms with Crippen LogP contribution in [0.1, 0.15) is 38.8 Å². The van der Waals surface area contributed by atoms with Gasteiger partial charge in [0, 0.05) is 46.9 Å². The molecular formula is C18H30N4O3. The number of rotatable bonds is 3. The zero-order valence-corrected chi connectivity index (χ0v) is 15.7. The molecule has 140 valence electrons. The fourth-order valence-electron chi connectivity index (χ4n) is 4.03. The Morgan fingerprint density at radius 1 is 1.48 bits per heavy atom. The molecule has 3 rings (SSSR count). The first-order valence-corrected chi connectivity index (χ1v) is 9.00. The maximum Gasteiger partial charge on any atom is 0.219 e. The molecule has 7 heteroatoms. The number of hydrogen-bond donors (Lipinski definition) is 1. The number of aromatic nitrogens is 2. The first-order valence-electron chi connectivity index (χ1n) is 9.00. The molecule has 1 N–H and O–H groups in total.